The van der Waals surface area contributed by atoms with Crippen LogP contribution in [0.15, 0.2) is 0 Å². The molecule has 0 aromatic rings. The van der Waals surface area contributed by atoms with Gasteiger partial charge < -0.3 is 4.74 Å². The van der Waals surface area contributed by atoms with E-state index in [1.165, 1.54) is 0 Å². The molecule has 1 atom stereocenters. The van der Waals surface area contributed by atoms with Gasteiger partial charge in [0.2, 0.25) is 6.43 Å². The summed E-state index contributed by atoms with van der Waals surface area (Å²) in [4.78, 5) is 0. The van der Waals surface area contributed by atoms with E-state index in [9.17, 15) is 8.78 Å². The molecule has 0 amide bonds. The Morgan fingerprint density at radius 3 is 2.50 bits per heavy atom. The number of rotatable bonds is 2. The maximum Gasteiger partial charge on any atom is 0.247 e. The van der Waals surface area contributed by atoms with Gasteiger partial charge in [-0.15, -0.1) is 0 Å². The molecule has 0 aromatic carbocycles. The molecule has 1 saturated heterocycles. The van der Waals surface area contributed by atoms with E-state index in [2.05, 4.69) is 15.9 Å². The Hall–Kier alpha value is 0.300. The maximum absolute atomic E-state index is 12.3. The quantitative estimate of drug-likeness (QED) is 0.640. The SMILES string of the molecule is FC(F)C1(CBr)CCOC1. The van der Waals surface area contributed by atoms with Crippen LogP contribution in [-0.4, -0.2) is 25.0 Å². The molecule has 1 heterocycles. The van der Waals surface area contributed by atoms with Crippen molar-refractivity contribution in [3.05, 3.63) is 0 Å². The zero-order valence-corrected chi connectivity index (χ0v) is 7.03. The van der Waals surface area contributed by atoms with E-state index in [0.29, 0.717) is 18.4 Å². The highest BCUT2D eigenvalue weighted by Crippen LogP contribution is 2.36. The zero-order valence-electron chi connectivity index (χ0n) is 5.45. The van der Waals surface area contributed by atoms with Crippen molar-refractivity contribution in [2.24, 2.45) is 5.41 Å². The van der Waals surface area contributed by atoms with Gasteiger partial charge in [-0.1, -0.05) is 15.9 Å². The Kier molecular flexibility index (Phi) is 2.63. The van der Waals surface area contributed by atoms with Crippen LogP contribution in [0.25, 0.3) is 0 Å². The van der Waals surface area contributed by atoms with E-state index < -0.39 is 11.8 Å². The molecule has 4 heteroatoms. The monoisotopic (exact) mass is 214 g/mol. The molecule has 60 valence electrons. The normalized spacial score (nSPS) is 33.6. The van der Waals surface area contributed by atoms with Crippen molar-refractivity contribution in [3.63, 3.8) is 0 Å². The molecule has 10 heavy (non-hydrogen) atoms. The van der Waals surface area contributed by atoms with Crippen molar-refractivity contribution in [2.45, 2.75) is 12.8 Å². The lowest BCUT2D eigenvalue weighted by molar-refractivity contribution is 0.00459. The lowest BCUT2D eigenvalue weighted by atomic mass is 9.91. The molecule has 0 spiro atoms. The molecule has 0 N–H and O–H groups in total. The lowest BCUT2D eigenvalue weighted by Crippen LogP contribution is -2.31. The van der Waals surface area contributed by atoms with Crippen LogP contribution in [0, 0.1) is 5.41 Å². The van der Waals surface area contributed by atoms with Crippen molar-refractivity contribution < 1.29 is 13.5 Å². The van der Waals surface area contributed by atoms with Gasteiger partial charge in [-0.25, -0.2) is 8.78 Å². The smallest absolute Gasteiger partial charge is 0.247 e. The van der Waals surface area contributed by atoms with Gasteiger partial charge in [-0.2, -0.15) is 0 Å². The maximum atomic E-state index is 12.3. The second-order valence-electron chi connectivity index (χ2n) is 2.60. The highest BCUT2D eigenvalue weighted by molar-refractivity contribution is 9.09. The first-order valence-electron chi connectivity index (χ1n) is 3.13. The molecule has 0 radical (unpaired) electrons. The predicted molar refractivity (Wildman–Crippen MR) is 37.7 cm³/mol. The first kappa shape index (κ1) is 8.40. The van der Waals surface area contributed by atoms with E-state index in [4.69, 9.17) is 4.74 Å². The van der Waals surface area contributed by atoms with E-state index in [-0.39, 0.29) is 6.61 Å². The molecule has 1 aliphatic heterocycles. The van der Waals surface area contributed by atoms with Gasteiger partial charge in [0, 0.05) is 11.9 Å². The minimum Gasteiger partial charge on any atom is -0.381 e. The molecule has 1 unspecified atom stereocenters. The Bertz CT molecular complexity index is 112. The predicted octanol–water partition coefficient (Wildman–Crippen LogP) is 2.05. The van der Waals surface area contributed by atoms with Crippen LogP contribution in [0.1, 0.15) is 6.42 Å². The molecule has 1 rings (SSSR count). The average Bonchev–Trinajstić information content (AvgIpc) is 2.35. The number of halogens is 3. The first-order chi connectivity index (χ1) is 4.71. The molecule has 0 aromatic heterocycles. The van der Waals surface area contributed by atoms with E-state index in [1.54, 1.807) is 0 Å². The summed E-state index contributed by atoms with van der Waals surface area (Å²) in [5, 5.41) is 0.331. The Balaban J connectivity index is 2.58. The number of ether oxygens (including phenoxy) is 1. The third-order valence-electron chi connectivity index (χ3n) is 1.86. The fourth-order valence-corrected chi connectivity index (χ4v) is 1.65. The summed E-state index contributed by atoms with van der Waals surface area (Å²) in [6, 6.07) is 0. The summed E-state index contributed by atoms with van der Waals surface area (Å²) in [7, 11) is 0. The van der Waals surface area contributed by atoms with Gasteiger partial charge >= 0.3 is 0 Å². The number of alkyl halides is 3. The van der Waals surface area contributed by atoms with E-state index in [1.807, 2.05) is 0 Å². The second kappa shape index (κ2) is 3.13. The third kappa shape index (κ3) is 1.32. The van der Waals surface area contributed by atoms with Gasteiger partial charge in [-0.05, 0) is 6.42 Å². The standard InChI is InChI=1S/C6H9BrF2O/c7-3-6(5(8)9)1-2-10-4-6/h5H,1-4H2. The highest BCUT2D eigenvalue weighted by atomic mass is 79.9. The van der Waals surface area contributed by atoms with Crippen LogP contribution in [0.4, 0.5) is 8.78 Å². The third-order valence-corrected chi connectivity index (χ3v) is 2.98. The molecular formula is C6H9BrF2O. The summed E-state index contributed by atoms with van der Waals surface area (Å²) >= 11 is 3.07. The second-order valence-corrected chi connectivity index (χ2v) is 3.16. The first-order valence-corrected chi connectivity index (χ1v) is 4.25. The van der Waals surface area contributed by atoms with Crippen LogP contribution in [0.5, 0.6) is 0 Å². The zero-order chi connectivity index (χ0) is 7.61. The summed E-state index contributed by atoms with van der Waals surface area (Å²) in [5.74, 6) is 0. The van der Waals surface area contributed by atoms with Crippen LogP contribution < -0.4 is 0 Å². The van der Waals surface area contributed by atoms with Gasteiger partial charge in [0.25, 0.3) is 0 Å². The van der Waals surface area contributed by atoms with Gasteiger partial charge in [0.1, 0.15) is 0 Å². The van der Waals surface area contributed by atoms with Gasteiger partial charge in [0.05, 0.1) is 12.0 Å². The van der Waals surface area contributed by atoms with Crippen molar-refractivity contribution in [1.29, 1.82) is 0 Å². The summed E-state index contributed by atoms with van der Waals surface area (Å²) in [5.41, 5.74) is -0.903. The van der Waals surface area contributed by atoms with Crippen molar-refractivity contribution in [3.8, 4) is 0 Å². The van der Waals surface area contributed by atoms with Gasteiger partial charge in [-0.3, -0.25) is 0 Å². The largest absolute Gasteiger partial charge is 0.381 e. The molecule has 1 fully saturated rings. The molecule has 1 aliphatic rings. The summed E-state index contributed by atoms with van der Waals surface area (Å²) in [6.07, 6.45) is -1.80. The number of hydrogen-bond donors (Lipinski definition) is 0. The minimum absolute atomic E-state index is 0.190. The fourth-order valence-electron chi connectivity index (χ4n) is 0.959. The Morgan fingerprint density at radius 1 is 1.60 bits per heavy atom. The van der Waals surface area contributed by atoms with E-state index in [0.717, 1.165) is 0 Å². The number of hydrogen-bond acceptors (Lipinski definition) is 1. The molecule has 0 aliphatic carbocycles. The molecule has 1 nitrogen and oxygen atoms in total. The van der Waals surface area contributed by atoms with Crippen LogP contribution in [0.3, 0.4) is 0 Å². The molecule has 0 bridgehead atoms. The highest BCUT2D eigenvalue weighted by Gasteiger charge is 2.42. The molecule has 0 saturated carbocycles. The van der Waals surface area contributed by atoms with Crippen molar-refractivity contribution in [1.82, 2.24) is 0 Å². The van der Waals surface area contributed by atoms with Crippen molar-refractivity contribution in [2.75, 3.05) is 18.5 Å². The fraction of sp³-hybridized carbons (Fsp3) is 1.00. The van der Waals surface area contributed by atoms with Crippen LogP contribution >= 0.6 is 15.9 Å². The van der Waals surface area contributed by atoms with Crippen LogP contribution in [0.2, 0.25) is 0 Å². The Labute approximate surface area is 66.9 Å². The average molecular weight is 215 g/mol. The Morgan fingerprint density at radius 2 is 2.30 bits per heavy atom. The van der Waals surface area contributed by atoms with Crippen LogP contribution in [-0.2, 0) is 4.74 Å². The lowest BCUT2D eigenvalue weighted by Gasteiger charge is -2.22. The minimum atomic E-state index is -2.27. The summed E-state index contributed by atoms with van der Waals surface area (Å²) < 4.78 is 29.5. The van der Waals surface area contributed by atoms with Crippen molar-refractivity contribution >= 4 is 15.9 Å². The van der Waals surface area contributed by atoms with Gasteiger partial charge in [0.15, 0.2) is 0 Å². The summed E-state index contributed by atoms with van der Waals surface area (Å²) in [6.45, 7) is 0.659. The topological polar surface area (TPSA) is 9.23 Å². The molecular weight excluding hydrogens is 206 g/mol. The van der Waals surface area contributed by atoms with E-state index >= 15 is 0 Å².